The Morgan fingerprint density at radius 1 is 1.04 bits per heavy atom. The van der Waals surface area contributed by atoms with Gasteiger partial charge in [0.2, 0.25) is 0 Å². The molecule has 0 saturated heterocycles. The fourth-order valence-electron chi connectivity index (χ4n) is 2.30. The fourth-order valence-corrected chi connectivity index (χ4v) is 2.30. The van der Waals surface area contributed by atoms with Gasteiger partial charge in [0, 0.05) is 13.6 Å². The number of halogens is 2. The summed E-state index contributed by atoms with van der Waals surface area (Å²) >= 11 is 0. The number of aliphatic imine (C=N–C) groups is 1. The first kappa shape index (κ1) is 17.1. The minimum absolute atomic E-state index is 0.251. The van der Waals surface area contributed by atoms with E-state index in [0.29, 0.717) is 12.1 Å². The van der Waals surface area contributed by atoms with Crippen LogP contribution < -0.4 is 0 Å². The zero-order valence-electron chi connectivity index (χ0n) is 14.0. The van der Waals surface area contributed by atoms with Crippen molar-refractivity contribution < 1.29 is 8.78 Å². The third-order valence-corrected chi connectivity index (χ3v) is 3.98. The molecule has 0 fully saturated rings. The zero-order valence-corrected chi connectivity index (χ0v) is 14.0. The van der Waals surface area contributed by atoms with E-state index in [4.69, 9.17) is 0 Å². The van der Waals surface area contributed by atoms with Crippen molar-refractivity contribution in [3.05, 3.63) is 64.2 Å². The summed E-state index contributed by atoms with van der Waals surface area (Å²) in [6.07, 6.45) is 2.20. The molecule has 0 heterocycles. The molecular formula is C19H22F2N2. The highest BCUT2D eigenvalue weighted by Gasteiger charge is 2.09. The molecule has 122 valence electrons. The van der Waals surface area contributed by atoms with E-state index >= 15 is 0 Å². The van der Waals surface area contributed by atoms with Crippen molar-refractivity contribution in [3.8, 4) is 0 Å². The Morgan fingerprint density at radius 2 is 1.74 bits per heavy atom. The molecule has 0 saturated carbocycles. The number of benzene rings is 2. The second-order valence-electron chi connectivity index (χ2n) is 5.80. The Hall–Kier alpha value is -2.23. The number of hydrogen-bond donors (Lipinski definition) is 0. The Morgan fingerprint density at radius 3 is 2.39 bits per heavy atom. The fraction of sp³-hybridized carbons (Fsp3) is 0.316. The highest BCUT2D eigenvalue weighted by molar-refractivity contribution is 5.62. The summed E-state index contributed by atoms with van der Waals surface area (Å²) < 4.78 is 27.4. The quantitative estimate of drug-likeness (QED) is 0.572. The first-order valence-electron chi connectivity index (χ1n) is 7.69. The second-order valence-corrected chi connectivity index (χ2v) is 5.80. The van der Waals surface area contributed by atoms with E-state index < -0.39 is 0 Å². The molecule has 23 heavy (non-hydrogen) atoms. The van der Waals surface area contributed by atoms with E-state index in [9.17, 15) is 8.78 Å². The maximum atomic E-state index is 14.3. The van der Waals surface area contributed by atoms with Crippen molar-refractivity contribution in [1.82, 2.24) is 4.90 Å². The lowest BCUT2D eigenvalue weighted by molar-refractivity contribution is 0.551. The third-order valence-electron chi connectivity index (χ3n) is 3.98. The van der Waals surface area contributed by atoms with E-state index in [-0.39, 0.29) is 11.6 Å². The summed E-state index contributed by atoms with van der Waals surface area (Å²) in [4.78, 5) is 6.07. The summed E-state index contributed by atoms with van der Waals surface area (Å²) in [6, 6.07) is 7.97. The Labute approximate surface area is 136 Å². The Bertz CT molecular complexity index is 724. The van der Waals surface area contributed by atoms with Crippen LogP contribution in [0.2, 0.25) is 0 Å². The third kappa shape index (κ3) is 4.38. The van der Waals surface area contributed by atoms with Gasteiger partial charge in [0.05, 0.1) is 6.34 Å². The maximum Gasteiger partial charge on any atom is 0.149 e. The number of rotatable bonds is 5. The highest BCUT2D eigenvalue weighted by atomic mass is 19.1. The van der Waals surface area contributed by atoms with E-state index in [1.807, 2.05) is 32.7 Å². The molecule has 2 aromatic rings. The largest absolute Gasteiger partial charge is 0.366 e. The van der Waals surface area contributed by atoms with Crippen LogP contribution >= 0.6 is 0 Å². The molecule has 0 spiro atoms. The van der Waals surface area contributed by atoms with Gasteiger partial charge in [0.1, 0.15) is 17.3 Å². The van der Waals surface area contributed by atoms with E-state index in [2.05, 4.69) is 4.99 Å². The van der Waals surface area contributed by atoms with Gasteiger partial charge in [-0.1, -0.05) is 6.07 Å². The number of aryl methyl sites for hydroxylation is 2. The molecule has 0 amide bonds. The van der Waals surface area contributed by atoms with Crippen LogP contribution in [0.25, 0.3) is 0 Å². The van der Waals surface area contributed by atoms with Crippen LogP contribution in [0.5, 0.6) is 0 Å². The van der Waals surface area contributed by atoms with Gasteiger partial charge in [-0.2, -0.15) is 0 Å². The van der Waals surface area contributed by atoms with Gasteiger partial charge in [-0.05, 0) is 73.7 Å². The van der Waals surface area contributed by atoms with Crippen LogP contribution in [0.3, 0.4) is 0 Å². The SMILES string of the molecule is CCN(C)/C=N/c1cc(C)c(Cc2ccc(F)cc2C)cc1F. The molecule has 0 aliphatic carbocycles. The Balaban J connectivity index is 2.27. The second kappa shape index (κ2) is 7.36. The lowest BCUT2D eigenvalue weighted by atomic mass is 9.97. The van der Waals surface area contributed by atoms with Crippen molar-refractivity contribution in [2.24, 2.45) is 4.99 Å². The van der Waals surface area contributed by atoms with Gasteiger partial charge in [-0.3, -0.25) is 0 Å². The molecule has 0 aromatic heterocycles. The minimum atomic E-state index is -0.342. The highest BCUT2D eigenvalue weighted by Crippen LogP contribution is 2.25. The van der Waals surface area contributed by atoms with Crippen molar-refractivity contribution >= 4 is 12.0 Å². The minimum Gasteiger partial charge on any atom is -0.366 e. The van der Waals surface area contributed by atoms with Gasteiger partial charge >= 0.3 is 0 Å². The zero-order chi connectivity index (χ0) is 17.0. The molecule has 0 aliphatic heterocycles. The number of nitrogens with zero attached hydrogens (tertiary/aromatic N) is 2. The van der Waals surface area contributed by atoms with E-state index in [1.165, 1.54) is 18.2 Å². The van der Waals surface area contributed by atoms with Crippen LogP contribution in [-0.2, 0) is 6.42 Å². The van der Waals surface area contributed by atoms with E-state index in [0.717, 1.165) is 28.8 Å². The van der Waals surface area contributed by atoms with Crippen molar-refractivity contribution in [2.45, 2.75) is 27.2 Å². The first-order valence-corrected chi connectivity index (χ1v) is 7.69. The summed E-state index contributed by atoms with van der Waals surface area (Å²) in [5, 5.41) is 0. The van der Waals surface area contributed by atoms with Crippen LogP contribution in [0.15, 0.2) is 35.3 Å². The van der Waals surface area contributed by atoms with E-state index in [1.54, 1.807) is 18.5 Å². The Kier molecular flexibility index (Phi) is 5.48. The van der Waals surface area contributed by atoms with Gasteiger partial charge in [0.25, 0.3) is 0 Å². The van der Waals surface area contributed by atoms with Crippen molar-refractivity contribution in [3.63, 3.8) is 0 Å². The van der Waals surface area contributed by atoms with Crippen molar-refractivity contribution in [2.75, 3.05) is 13.6 Å². The topological polar surface area (TPSA) is 15.6 Å². The molecule has 0 bridgehead atoms. The van der Waals surface area contributed by atoms with Gasteiger partial charge in [0.15, 0.2) is 0 Å². The van der Waals surface area contributed by atoms with Crippen molar-refractivity contribution in [1.29, 1.82) is 0 Å². The average molecular weight is 316 g/mol. The molecule has 4 heteroatoms. The average Bonchev–Trinajstić information content (AvgIpc) is 2.51. The van der Waals surface area contributed by atoms with Crippen LogP contribution in [-0.4, -0.2) is 24.8 Å². The summed E-state index contributed by atoms with van der Waals surface area (Å²) in [5.41, 5.74) is 4.07. The summed E-state index contributed by atoms with van der Waals surface area (Å²) in [7, 11) is 1.89. The lowest BCUT2D eigenvalue weighted by Gasteiger charge is -2.12. The maximum absolute atomic E-state index is 14.3. The van der Waals surface area contributed by atoms with Gasteiger partial charge in [-0.25, -0.2) is 13.8 Å². The standard InChI is InChI=1S/C19H22F2N2/c1-5-23(4)12-22-19-9-14(3)16(11-18(19)21)10-15-6-7-17(20)8-13(15)2/h6-9,11-12H,5,10H2,1-4H3/b22-12+. The predicted molar refractivity (Wildman–Crippen MR) is 91.5 cm³/mol. The smallest absolute Gasteiger partial charge is 0.149 e. The molecule has 0 N–H and O–H groups in total. The molecule has 0 atom stereocenters. The molecule has 0 aliphatic rings. The molecule has 0 unspecified atom stereocenters. The van der Waals surface area contributed by atoms with Gasteiger partial charge < -0.3 is 4.90 Å². The molecule has 2 rings (SSSR count). The monoisotopic (exact) mass is 316 g/mol. The molecule has 0 radical (unpaired) electrons. The van der Waals surface area contributed by atoms with Crippen LogP contribution in [0, 0.1) is 25.5 Å². The number of hydrogen-bond acceptors (Lipinski definition) is 1. The summed E-state index contributed by atoms with van der Waals surface area (Å²) in [5.74, 6) is -0.593. The molecule has 2 nitrogen and oxygen atoms in total. The van der Waals surface area contributed by atoms with Crippen LogP contribution in [0.4, 0.5) is 14.5 Å². The molecular weight excluding hydrogens is 294 g/mol. The molecule has 2 aromatic carbocycles. The lowest BCUT2D eigenvalue weighted by Crippen LogP contribution is -2.14. The first-order chi connectivity index (χ1) is 10.9. The summed E-state index contributed by atoms with van der Waals surface area (Å²) in [6.45, 7) is 6.62. The predicted octanol–water partition coefficient (Wildman–Crippen LogP) is 4.78. The van der Waals surface area contributed by atoms with Gasteiger partial charge in [-0.15, -0.1) is 0 Å². The van der Waals surface area contributed by atoms with Crippen LogP contribution in [0.1, 0.15) is 29.2 Å². The normalized spacial score (nSPS) is 11.2.